The molecule has 3 heterocycles. The number of pyridine rings is 1. The van der Waals surface area contributed by atoms with Gasteiger partial charge in [-0.1, -0.05) is 23.5 Å². The molecule has 4 rings (SSSR count). The van der Waals surface area contributed by atoms with Crippen LogP contribution in [-0.2, 0) is 9.84 Å². The van der Waals surface area contributed by atoms with Crippen LogP contribution in [0.1, 0.15) is 18.4 Å². The maximum Gasteiger partial charge on any atom is 0.216 e. The molecule has 28 heavy (non-hydrogen) atoms. The van der Waals surface area contributed by atoms with Crippen LogP contribution in [0.3, 0.4) is 0 Å². The Hall–Kier alpha value is -2.19. The zero-order valence-electron chi connectivity index (χ0n) is 16.0. The highest BCUT2D eigenvalue weighted by atomic mass is 32.2. The Kier molecular flexibility index (Phi) is 5.25. The maximum absolute atomic E-state index is 12.0. The first-order chi connectivity index (χ1) is 13.4. The van der Waals surface area contributed by atoms with Crippen molar-refractivity contribution in [3.63, 3.8) is 0 Å². The van der Waals surface area contributed by atoms with Crippen molar-refractivity contribution in [3.8, 4) is 5.88 Å². The molecule has 0 aliphatic carbocycles. The normalized spacial score (nSPS) is 15.9. The molecule has 0 bridgehead atoms. The molecular formula is C20H23N3O3S2. The van der Waals surface area contributed by atoms with Crippen molar-refractivity contribution in [2.45, 2.75) is 24.7 Å². The molecule has 0 spiro atoms. The Labute approximate surface area is 169 Å². The fourth-order valence-electron chi connectivity index (χ4n) is 3.46. The molecular weight excluding hydrogens is 394 g/mol. The summed E-state index contributed by atoms with van der Waals surface area (Å²) in [6, 6.07) is 9.26. The van der Waals surface area contributed by atoms with Crippen molar-refractivity contribution in [3.05, 3.63) is 42.1 Å². The number of thiazole rings is 1. The lowest BCUT2D eigenvalue weighted by Crippen LogP contribution is -2.35. The van der Waals surface area contributed by atoms with E-state index in [-0.39, 0.29) is 0 Å². The summed E-state index contributed by atoms with van der Waals surface area (Å²) in [6.45, 7) is 4.46. The van der Waals surface area contributed by atoms with Crippen LogP contribution in [-0.4, -0.2) is 44.3 Å². The first kappa shape index (κ1) is 19.1. The van der Waals surface area contributed by atoms with Crippen LogP contribution in [0.15, 0.2) is 41.4 Å². The number of hydrogen-bond acceptors (Lipinski definition) is 7. The van der Waals surface area contributed by atoms with E-state index in [4.69, 9.17) is 4.74 Å². The second kappa shape index (κ2) is 7.67. The van der Waals surface area contributed by atoms with Crippen LogP contribution in [0.5, 0.6) is 5.88 Å². The lowest BCUT2D eigenvalue weighted by molar-refractivity contribution is 0.215. The van der Waals surface area contributed by atoms with Gasteiger partial charge in [0, 0.05) is 31.1 Å². The third kappa shape index (κ3) is 3.98. The van der Waals surface area contributed by atoms with Crippen LogP contribution in [0.2, 0.25) is 0 Å². The van der Waals surface area contributed by atoms with Crippen molar-refractivity contribution in [1.29, 1.82) is 0 Å². The predicted molar refractivity (Wildman–Crippen MR) is 112 cm³/mol. The number of nitrogens with zero attached hydrogens (tertiary/aromatic N) is 3. The summed E-state index contributed by atoms with van der Waals surface area (Å²) in [4.78, 5) is 11.5. The number of aromatic nitrogens is 2. The molecule has 0 unspecified atom stereocenters. The van der Waals surface area contributed by atoms with Gasteiger partial charge in [0.1, 0.15) is 5.52 Å². The summed E-state index contributed by atoms with van der Waals surface area (Å²) in [7, 11) is -3.29. The molecule has 148 valence electrons. The quantitative estimate of drug-likeness (QED) is 0.630. The molecule has 2 aromatic heterocycles. The highest BCUT2D eigenvalue weighted by Gasteiger charge is 2.24. The Bertz CT molecular complexity index is 1090. The molecule has 8 heteroatoms. The van der Waals surface area contributed by atoms with Gasteiger partial charge >= 0.3 is 0 Å². The van der Waals surface area contributed by atoms with E-state index >= 15 is 0 Å². The van der Waals surface area contributed by atoms with Gasteiger partial charge in [0.05, 0.1) is 16.2 Å². The van der Waals surface area contributed by atoms with Crippen LogP contribution >= 0.6 is 11.3 Å². The van der Waals surface area contributed by atoms with Crippen molar-refractivity contribution < 1.29 is 13.2 Å². The molecule has 0 radical (unpaired) electrons. The minimum absolute atomic E-state index is 0.307. The summed E-state index contributed by atoms with van der Waals surface area (Å²) >= 11 is 1.56. The van der Waals surface area contributed by atoms with Gasteiger partial charge in [-0.15, -0.1) is 0 Å². The molecule has 0 amide bonds. The first-order valence-electron chi connectivity index (χ1n) is 9.31. The van der Waals surface area contributed by atoms with Crippen LogP contribution in [0, 0.1) is 12.8 Å². The van der Waals surface area contributed by atoms with Crippen molar-refractivity contribution in [2.75, 3.05) is 30.9 Å². The lowest BCUT2D eigenvalue weighted by atomic mass is 9.98. The third-order valence-electron chi connectivity index (χ3n) is 5.07. The molecule has 1 aliphatic heterocycles. The SMILES string of the molecule is Cc1cccnc1OCC1CCN(c2nc3c(S(C)(=O)=O)cccc3s2)CC1. The molecule has 1 aliphatic rings. The van der Waals surface area contributed by atoms with Crippen LogP contribution in [0.4, 0.5) is 5.13 Å². The Morgan fingerprint density at radius 3 is 2.71 bits per heavy atom. The Morgan fingerprint density at radius 2 is 2.00 bits per heavy atom. The van der Waals surface area contributed by atoms with E-state index in [2.05, 4.69) is 14.9 Å². The number of sulfone groups is 1. The van der Waals surface area contributed by atoms with Crippen LogP contribution in [0.25, 0.3) is 10.2 Å². The van der Waals surface area contributed by atoms with Crippen molar-refractivity contribution >= 4 is 36.5 Å². The molecule has 0 N–H and O–H groups in total. The Balaban J connectivity index is 1.42. The maximum atomic E-state index is 12.0. The number of piperidine rings is 1. The van der Waals surface area contributed by atoms with Crippen LogP contribution < -0.4 is 9.64 Å². The average Bonchev–Trinajstić information content (AvgIpc) is 3.11. The number of benzene rings is 1. The molecule has 1 aromatic carbocycles. The zero-order valence-corrected chi connectivity index (χ0v) is 17.6. The molecule has 6 nitrogen and oxygen atoms in total. The van der Waals surface area contributed by atoms with E-state index in [0.717, 1.165) is 41.3 Å². The van der Waals surface area contributed by atoms with E-state index in [9.17, 15) is 8.42 Å². The van der Waals surface area contributed by atoms with Gasteiger partial charge < -0.3 is 9.64 Å². The summed E-state index contributed by atoms with van der Waals surface area (Å²) in [6.07, 6.45) is 5.01. The lowest BCUT2D eigenvalue weighted by Gasteiger charge is -2.31. The van der Waals surface area contributed by atoms with E-state index in [1.807, 2.05) is 25.1 Å². The van der Waals surface area contributed by atoms with Crippen molar-refractivity contribution in [2.24, 2.45) is 5.92 Å². The topological polar surface area (TPSA) is 72.4 Å². The minimum Gasteiger partial charge on any atom is -0.477 e. The van der Waals surface area contributed by atoms with E-state index in [1.54, 1.807) is 29.7 Å². The van der Waals surface area contributed by atoms with Gasteiger partial charge in [-0.25, -0.2) is 18.4 Å². The molecule has 3 aromatic rings. The highest BCUT2D eigenvalue weighted by Crippen LogP contribution is 2.34. The number of hydrogen-bond donors (Lipinski definition) is 0. The monoisotopic (exact) mass is 417 g/mol. The van der Waals surface area contributed by atoms with Gasteiger partial charge in [-0.2, -0.15) is 0 Å². The van der Waals surface area contributed by atoms with E-state index in [0.29, 0.717) is 28.8 Å². The second-order valence-electron chi connectivity index (χ2n) is 7.24. The predicted octanol–water partition coefficient (Wildman–Crippen LogP) is 3.70. The van der Waals surface area contributed by atoms with E-state index < -0.39 is 9.84 Å². The molecule has 0 saturated carbocycles. The largest absolute Gasteiger partial charge is 0.477 e. The fourth-order valence-corrected chi connectivity index (χ4v) is 5.40. The summed E-state index contributed by atoms with van der Waals surface area (Å²) in [5.74, 6) is 1.20. The number of anilines is 1. The number of fused-ring (bicyclic) bond motifs is 1. The number of aryl methyl sites for hydroxylation is 1. The zero-order chi connectivity index (χ0) is 19.7. The minimum atomic E-state index is -3.29. The summed E-state index contributed by atoms with van der Waals surface area (Å²) in [5, 5.41) is 0.894. The van der Waals surface area contributed by atoms with E-state index in [1.165, 1.54) is 6.26 Å². The van der Waals surface area contributed by atoms with Gasteiger partial charge in [-0.05, 0) is 43.9 Å². The standard InChI is InChI=1S/C20H23N3O3S2/c1-14-5-4-10-21-19(14)26-13-15-8-11-23(12-9-15)20-22-18-16(27-20)6-3-7-17(18)28(2,24)25/h3-7,10,15H,8-9,11-13H2,1-2H3. The fraction of sp³-hybridized carbons (Fsp3) is 0.400. The highest BCUT2D eigenvalue weighted by molar-refractivity contribution is 7.91. The smallest absolute Gasteiger partial charge is 0.216 e. The van der Waals surface area contributed by atoms with Gasteiger partial charge in [0.15, 0.2) is 15.0 Å². The van der Waals surface area contributed by atoms with Crippen molar-refractivity contribution in [1.82, 2.24) is 9.97 Å². The summed E-state index contributed by atoms with van der Waals surface area (Å²) in [5.41, 5.74) is 1.64. The molecule has 0 atom stereocenters. The number of para-hydroxylation sites is 1. The second-order valence-corrected chi connectivity index (χ2v) is 10.2. The van der Waals surface area contributed by atoms with Gasteiger partial charge in [-0.3, -0.25) is 0 Å². The molecule has 1 saturated heterocycles. The van der Waals surface area contributed by atoms with Gasteiger partial charge in [0.25, 0.3) is 0 Å². The average molecular weight is 418 g/mol. The Morgan fingerprint density at radius 1 is 1.21 bits per heavy atom. The third-order valence-corrected chi connectivity index (χ3v) is 7.28. The number of ether oxygens (including phenoxy) is 1. The molecule has 1 fully saturated rings. The van der Waals surface area contributed by atoms with Gasteiger partial charge in [0.2, 0.25) is 5.88 Å². The number of rotatable bonds is 5. The summed E-state index contributed by atoms with van der Waals surface area (Å²) < 4.78 is 30.9. The first-order valence-corrected chi connectivity index (χ1v) is 12.0.